The molecule has 0 spiro atoms. The van der Waals surface area contributed by atoms with Crippen LogP contribution in [0.3, 0.4) is 0 Å². The Morgan fingerprint density at radius 1 is 0.611 bits per heavy atom. The number of hydrogen-bond donors (Lipinski definition) is 0. The fourth-order valence-corrected chi connectivity index (χ4v) is 5.25. The molecule has 0 N–H and O–H groups in total. The second-order valence-corrected chi connectivity index (χ2v) is 7.07. The van der Waals surface area contributed by atoms with Crippen molar-refractivity contribution in [3.8, 4) is 0 Å². The molecule has 0 amide bonds. The van der Waals surface area contributed by atoms with Crippen molar-refractivity contribution in [1.29, 1.82) is 0 Å². The van der Waals surface area contributed by atoms with E-state index in [-0.39, 0.29) is 10.9 Å². The zero-order chi connectivity index (χ0) is 12.2. The Labute approximate surface area is 114 Å². The molecule has 0 unspecified atom stereocenters. The summed E-state index contributed by atoms with van der Waals surface area (Å²) in [6.45, 7) is 0. The topological polar surface area (TPSA) is 0 Å². The minimum Gasteiger partial charge on any atom is -0.0936 e. The van der Waals surface area contributed by atoms with Crippen LogP contribution in [0.15, 0.2) is 92.2 Å². The zero-order valence-electron chi connectivity index (χ0n) is 9.82. The first-order chi connectivity index (χ1) is 8.95. The molecule has 3 aromatic rings. The molecule has 0 aliphatic rings. The largest absolute Gasteiger partial charge is 0.220 e. The Kier molecular flexibility index (Phi) is 3.49. The maximum Gasteiger partial charge on any atom is 0.220 e. The molecule has 0 fully saturated rings. The Bertz CT molecular complexity index is 546. The van der Waals surface area contributed by atoms with Crippen LogP contribution in [-0.2, 0) is 10.9 Å². The Balaban J connectivity index is 2.11. The maximum absolute atomic E-state index is 2.23. The summed E-state index contributed by atoms with van der Waals surface area (Å²) in [5, 5.41) is 2.15. The van der Waals surface area contributed by atoms with Gasteiger partial charge in [0.05, 0.1) is 0 Å². The van der Waals surface area contributed by atoms with Gasteiger partial charge >= 0.3 is 0 Å². The van der Waals surface area contributed by atoms with E-state index in [1.165, 1.54) is 14.0 Å². The Morgan fingerprint density at radius 3 is 1.61 bits per heavy atom. The molecule has 2 aromatic carbocycles. The highest BCUT2D eigenvalue weighted by Gasteiger charge is 2.28. The first-order valence-corrected chi connectivity index (χ1v) is 7.93. The van der Waals surface area contributed by atoms with Gasteiger partial charge in [0.15, 0.2) is 9.79 Å². The predicted molar refractivity (Wildman–Crippen MR) is 79.4 cm³/mol. The molecule has 0 nitrogen and oxygen atoms in total. The van der Waals surface area contributed by atoms with Crippen molar-refractivity contribution in [3.63, 3.8) is 0 Å². The lowest BCUT2D eigenvalue weighted by Gasteiger charge is -2.04. The average molecular weight is 269 g/mol. The van der Waals surface area contributed by atoms with E-state index in [2.05, 4.69) is 78.2 Å². The standard InChI is InChI=1S/C16H13S2/c1-3-8-14(9-4-1)18(16-12-7-13-17-16)15-10-5-2-6-11-15/h1-13H/q+1. The molecular formula is C16H13S2+. The number of rotatable bonds is 3. The Morgan fingerprint density at radius 2 is 1.17 bits per heavy atom. The first kappa shape index (κ1) is 11.6. The monoisotopic (exact) mass is 269 g/mol. The molecule has 1 aromatic heterocycles. The van der Waals surface area contributed by atoms with E-state index in [0.29, 0.717) is 0 Å². The highest BCUT2D eigenvalue weighted by atomic mass is 32.2. The molecule has 18 heavy (non-hydrogen) atoms. The fraction of sp³-hybridized carbons (Fsp3) is 0. The van der Waals surface area contributed by atoms with Gasteiger partial charge in [0, 0.05) is 6.07 Å². The summed E-state index contributed by atoms with van der Waals surface area (Å²) in [7, 11) is 0.0350. The van der Waals surface area contributed by atoms with Crippen molar-refractivity contribution in [1.82, 2.24) is 0 Å². The summed E-state index contributed by atoms with van der Waals surface area (Å²) in [5.74, 6) is 0. The molecule has 0 aliphatic carbocycles. The minimum atomic E-state index is 0.0350. The quantitative estimate of drug-likeness (QED) is 0.597. The summed E-state index contributed by atoms with van der Waals surface area (Å²) in [6, 6.07) is 25.8. The second kappa shape index (κ2) is 5.42. The summed E-state index contributed by atoms with van der Waals surface area (Å²) in [4.78, 5) is 2.76. The third kappa shape index (κ3) is 2.35. The average Bonchev–Trinajstić information content (AvgIpc) is 2.95. The van der Waals surface area contributed by atoms with Crippen LogP contribution in [0.1, 0.15) is 0 Å². The van der Waals surface area contributed by atoms with Crippen LogP contribution in [0.2, 0.25) is 0 Å². The van der Waals surface area contributed by atoms with Crippen LogP contribution in [0.25, 0.3) is 0 Å². The summed E-state index contributed by atoms with van der Waals surface area (Å²) < 4.78 is 1.42. The molecule has 0 atom stereocenters. The van der Waals surface area contributed by atoms with Crippen LogP contribution in [-0.4, -0.2) is 0 Å². The van der Waals surface area contributed by atoms with Crippen molar-refractivity contribution in [2.45, 2.75) is 14.0 Å². The van der Waals surface area contributed by atoms with E-state index >= 15 is 0 Å². The third-order valence-electron chi connectivity index (χ3n) is 2.65. The number of benzene rings is 2. The van der Waals surface area contributed by atoms with Crippen LogP contribution in [0, 0.1) is 0 Å². The molecule has 2 heteroatoms. The SMILES string of the molecule is c1ccc([S+](c2ccccc2)c2cccs2)cc1. The molecule has 88 valence electrons. The van der Waals surface area contributed by atoms with Gasteiger partial charge < -0.3 is 0 Å². The maximum atomic E-state index is 2.23. The van der Waals surface area contributed by atoms with Crippen LogP contribution >= 0.6 is 11.3 Å². The number of hydrogen-bond acceptors (Lipinski definition) is 1. The van der Waals surface area contributed by atoms with E-state index < -0.39 is 0 Å². The van der Waals surface area contributed by atoms with Crippen molar-refractivity contribution >= 4 is 22.2 Å². The smallest absolute Gasteiger partial charge is 0.0936 e. The lowest BCUT2D eigenvalue weighted by molar-refractivity contribution is 1.36. The molecule has 1 heterocycles. The first-order valence-electron chi connectivity index (χ1n) is 5.83. The molecule has 3 rings (SSSR count). The van der Waals surface area contributed by atoms with Gasteiger partial charge in [-0.15, -0.1) is 0 Å². The lowest BCUT2D eigenvalue weighted by Crippen LogP contribution is -2.02. The zero-order valence-corrected chi connectivity index (χ0v) is 11.5. The van der Waals surface area contributed by atoms with Crippen LogP contribution in [0.5, 0.6) is 0 Å². The van der Waals surface area contributed by atoms with Gasteiger partial charge in [-0.25, -0.2) is 0 Å². The lowest BCUT2D eigenvalue weighted by atomic mass is 10.4. The molecular weight excluding hydrogens is 256 g/mol. The van der Waals surface area contributed by atoms with Crippen molar-refractivity contribution in [2.75, 3.05) is 0 Å². The molecule has 0 bridgehead atoms. The van der Waals surface area contributed by atoms with E-state index in [9.17, 15) is 0 Å². The van der Waals surface area contributed by atoms with Crippen molar-refractivity contribution in [2.24, 2.45) is 0 Å². The number of thiophene rings is 1. The van der Waals surface area contributed by atoms with Crippen LogP contribution in [0.4, 0.5) is 0 Å². The van der Waals surface area contributed by atoms with Gasteiger partial charge in [0.2, 0.25) is 4.21 Å². The normalized spacial score (nSPS) is 10.7. The molecule has 0 saturated carbocycles. The minimum absolute atomic E-state index is 0.0350. The Hall–Kier alpha value is -1.51. The van der Waals surface area contributed by atoms with Crippen molar-refractivity contribution < 1.29 is 0 Å². The molecule has 0 saturated heterocycles. The van der Waals surface area contributed by atoms with Gasteiger partial charge in [-0.3, -0.25) is 0 Å². The predicted octanol–water partition coefficient (Wildman–Crippen LogP) is 4.84. The van der Waals surface area contributed by atoms with Gasteiger partial charge in [-0.05, 0) is 35.7 Å². The molecule has 0 aliphatic heterocycles. The van der Waals surface area contributed by atoms with E-state index in [0.717, 1.165) is 0 Å². The van der Waals surface area contributed by atoms with E-state index in [1.807, 2.05) is 11.3 Å². The van der Waals surface area contributed by atoms with Gasteiger partial charge in [-0.2, -0.15) is 0 Å². The molecule has 0 radical (unpaired) electrons. The summed E-state index contributed by atoms with van der Waals surface area (Å²) in [5.41, 5.74) is 0. The van der Waals surface area contributed by atoms with Gasteiger partial charge in [0.1, 0.15) is 10.9 Å². The highest BCUT2D eigenvalue weighted by Crippen LogP contribution is 2.33. The van der Waals surface area contributed by atoms with Gasteiger partial charge in [0.25, 0.3) is 0 Å². The van der Waals surface area contributed by atoms with E-state index in [4.69, 9.17) is 0 Å². The summed E-state index contributed by atoms with van der Waals surface area (Å²) in [6.07, 6.45) is 0. The van der Waals surface area contributed by atoms with Crippen LogP contribution < -0.4 is 0 Å². The van der Waals surface area contributed by atoms with Crippen molar-refractivity contribution in [3.05, 3.63) is 78.2 Å². The van der Waals surface area contributed by atoms with Gasteiger partial charge in [-0.1, -0.05) is 47.7 Å². The summed E-state index contributed by atoms with van der Waals surface area (Å²) >= 11 is 1.83. The third-order valence-corrected chi connectivity index (χ3v) is 6.13. The fourth-order valence-electron chi connectivity index (χ4n) is 1.86. The van der Waals surface area contributed by atoms with E-state index in [1.54, 1.807) is 0 Å². The second-order valence-electron chi connectivity index (χ2n) is 3.86. The highest BCUT2D eigenvalue weighted by molar-refractivity contribution is 7.98.